The molecule has 4 N–H and O–H groups in total. The number of nitrogens with zero attached hydrogens (tertiary/aromatic N) is 4. The number of halogens is 4. The lowest BCUT2D eigenvalue weighted by Gasteiger charge is -2.19. The zero-order valence-electron chi connectivity index (χ0n) is 36.1. The molecule has 0 spiro atoms. The molecule has 342 valence electrons. The number of hydrogen-bond donors (Lipinski definition) is 4. The maximum absolute atomic E-state index is 13.5. The maximum atomic E-state index is 13.5. The van der Waals surface area contributed by atoms with Crippen LogP contribution in [0.4, 0.5) is 34.1 Å². The van der Waals surface area contributed by atoms with Gasteiger partial charge in [-0.05, 0) is 99.5 Å². The Labute approximate surface area is 399 Å². The van der Waals surface area contributed by atoms with Gasteiger partial charge in [-0.1, -0.05) is 59.6 Å². The first-order chi connectivity index (χ1) is 31.4. The van der Waals surface area contributed by atoms with Crippen LogP contribution in [0.2, 0.25) is 10.0 Å². The lowest BCUT2D eigenvalue weighted by Crippen LogP contribution is -2.32. The predicted molar refractivity (Wildman–Crippen MR) is 255 cm³/mol. The third-order valence-electron chi connectivity index (χ3n) is 9.57. The monoisotopic (exact) mass is 974 g/mol. The van der Waals surface area contributed by atoms with Gasteiger partial charge >= 0.3 is 0 Å². The number of nitrogens with one attached hydrogen (secondary N) is 4. The smallest absolute Gasteiger partial charge is 0.258 e. The third-order valence-corrected chi connectivity index (χ3v) is 10.9. The summed E-state index contributed by atoms with van der Waals surface area (Å²) in [6.45, 7) is 5.92. The Hall–Kier alpha value is -6.72. The minimum atomic E-state index is -1.68. The average molecular weight is 977 g/mol. The number of azo groups is 2. The molecule has 0 fully saturated rings. The number of ketones is 2. The molecule has 0 saturated carbocycles. The largest absolute Gasteiger partial charge is 0.491 e. The van der Waals surface area contributed by atoms with E-state index in [0.29, 0.717) is 11.4 Å². The number of rotatable bonds is 18. The highest BCUT2D eigenvalue weighted by Gasteiger charge is 2.29. The zero-order valence-corrected chi connectivity index (χ0v) is 39.1. The van der Waals surface area contributed by atoms with Crippen LogP contribution in [0.5, 0.6) is 11.5 Å². The van der Waals surface area contributed by atoms with Gasteiger partial charge in [0, 0.05) is 11.4 Å². The third kappa shape index (κ3) is 12.5. The molecule has 0 aliphatic heterocycles. The molecule has 4 atom stereocenters. The van der Waals surface area contributed by atoms with Gasteiger partial charge in [0.15, 0.2) is 23.1 Å². The molecule has 0 aliphatic rings. The standard InChI is InChI=1S/C46H42Cl4N8O8/c1-23(47)27-13-17-29(18-14-27)51-43(61)31-9-7-11-33(37(31)49)55-57-39(25(3)59)45(63)53-35-21-22-36(42(66-6)41(35)65-5)54-46(64)40(26(4)60)58-56-34-12-8-10-32(38(34)50)44(62)52-30-19-15-28(16-20-30)24(2)48/h7-24,39-40H,1-6H3,(H,51,61)(H,52,62)(H,53,63)(H,54,64). The molecule has 20 heteroatoms. The number of alkyl halides is 2. The predicted octanol–water partition coefficient (Wildman–Crippen LogP) is 11.5. The highest BCUT2D eigenvalue weighted by atomic mass is 35.5. The van der Waals surface area contributed by atoms with Crippen LogP contribution in [0.3, 0.4) is 0 Å². The van der Waals surface area contributed by atoms with E-state index in [-0.39, 0.29) is 66.2 Å². The Kier molecular flexibility index (Phi) is 17.5. The van der Waals surface area contributed by atoms with Crippen LogP contribution in [-0.4, -0.2) is 61.5 Å². The number of benzene rings is 5. The molecule has 4 amide bonds. The number of Topliss-reactive ketones (excluding diaryl/α,β-unsaturated/α-hetero) is 2. The Morgan fingerprint density at radius 2 is 0.864 bits per heavy atom. The van der Waals surface area contributed by atoms with Crippen molar-refractivity contribution in [3.63, 3.8) is 0 Å². The Bertz CT molecular complexity index is 2530. The van der Waals surface area contributed by atoms with Crippen LogP contribution in [0.1, 0.15) is 70.3 Å². The lowest BCUT2D eigenvalue weighted by molar-refractivity contribution is -0.127. The maximum Gasteiger partial charge on any atom is 0.258 e. The number of ether oxygens (including phenoxy) is 2. The van der Waals surface area contributed by atoms with Crippen molar-refractivity contribution < 1.29 is 38.2 Å². The molecule has 0 aromatic heterocycles. The summed E-state index contributed by atoms with van der Waals surface area (Å²) in [7, 11) is 2.54. The molecule has 0 radical (unpaired) electrons. The van der Waals surface area contributed by atoms with E-state index in [1.165, 1.54) is 62.8 Å². The molecule has 0 aliphatic carbocycles. The molecule has 5 rings (SSSR count). The van der Waals surface area contributed by atoms with E-state index >= 15 is 0 Å². The quantitative estimate of drug-likeness (QED) is 0.0375. The van der Waals surface area contributed by atoms with Crippen LogP contribution in [0.25, 0.3) is 0 Å². The molecular formula is C46H42Cl4N8O8. The summed E-state index contributed by atoms with van der Waals surface area (Å²) in [5.41, 5.74) is 2.89. The van der Waals surface area contributed by atoms with Crippen LogP contribution in [0.15, 0.2) is 118 Å². The molecule has 0 bridgehead atoms. The normalized spacial score (nSPS) is 13.0. The van der Waals surface area contributed by atoms with Crippen LogP contribution >= 0.6 is 46.4 Å². The molecule has 66 heavy (non-hydrogen) atoms. The second-order valence-corrected chi connectivity index (χ2v) is 16.4. The van der Waals surface area contributed by atoms with Crippen molar-refractivity contribution in [3.05, 3.63) is 129 Å². The number of anilines is 4. The van der Waals surface area contributed by atoms with E-state index in [1.54, 1.807) is 48.5 Å². The number of carbonyl (C=O) groups excluding carboxylic acids is 6. The first-order valence-corrected chi connectivity index (χ1v) is 21.4. The van der Waals surface area contributed by atoms with Crippen molar-refractivity contribution in [1.82, 2.24) is 0 Å². The van der Waals surface area contributed by atoms with E-state index in [1.807, 2.05) is 13.8 Å². The molecule has 4 unspecified atom stereocenters. The number of hydrogen-bond acceptors (Lipinski definition) is 12. The molecule has 5 aromatic rings. The summed E-state index contributed by atoms with van der Waals surface area (Å²) in [6, 6.07) is 22.1. The summed E-state index contributed by atoms with van der Waals surface area (Å²) in [5, 5.41) is 26.0. The number of carbonyl (C=O) groups is 6. The van der Waals surface area contributed by atoms with E-state index in [2.05, 4.69) is 41.7 Å². The average Bonchev–Trinajstić information content (AvgIpc) is 3.27. The van der Waals surface area contributed by atoms with E-state index in [4.69, 9.17) is 55.9 Å². The summed E-state index contributed by atoms with van der Waals surface area (Å²) in [6.07, 6.45) is 0. The van der Waals surface area contributed by atoms with Gasteiger partial charge in [-0.25, -0.2) is 0 Å². The minimum Gasteiger partial charge on any atom is -0.491 e. The highest BCUT2D eigenvalue weighted by Crippen LogP contribution is 2.42. The fourth-order valence-corrected chi connectivity index (χ4v) is 6.84. The number of methoxy groups -OCH3 is 2. The summed E-state index contributed by atoms with van der Waals surface area (Å²) >= 11 is 25.3. The SMILES string of the molecule is COc1c(NC(=O)C(N=Nc2cccc(C(=O)Nc3ccc(C(C)Cl)cc3)c2Cl)C(C)=O)ccc(NC(=O)C(N=Nc2cccc(C(=O)Nc3ccc(C(C)Cl)cc3)c2Cl)C(C)=O)c1OC. The van der Waals surface area contributed by atoms with Gasteiger partial charge < -0.3 is 30.7 Å². The van der Waals surface area contributed by atoms with Crippen molar-refractivity contribution in [2.45, 2.75) is 50.5 Å². The second-order valence-electron chi connectivity index (χ2n) is 14.3. The molecule has 16 nitrogen and oxygen atoms in total. The van der Waals surface area contributed by atoms with E-state index < -0.39 is 47.3 Å². The molecular weight excluding hydrogens is 934 g/mol. The van der Waals surface area contributed by atoms with Crippen LogP contribution < -0.4 is 30.7 Å². The first kappa shape index (κ1) is 50.3. The van der Waals surface area contributed by atoms with Crippen LogP contribution in [0, 0.1) is 0 Å². The second kappa shape index (κ2) is 22.9. The van der Waals surface area contributed by atoms with Crippen molar-refractivity contribution in [2.24, 2.45) is 20.5 Å². The number of amides is 4. The Morgan fingerprint density at radius 3 is 1.17 bits per heavy atom. The van der Waals surface area contributed by atoms with E-state index in [9.17, 15) is 28.8 Å². The van der Waals surface area contributed by atoms with Crippen molar-refractivity contribution in [2.75, 3.05) is 35.5 Å². The Balaban J connectivity index is 1.29. The molecule has 5 aromatic carbocycles. The molecule has 0 saturated heterocycles. The van der Waals surface area contributed by atoms with Crippen molar-refractivity contribution in [3.8, 4) is 11.5 Å². The fraction of sp³-hybridized carbons (Fsp3) is 0.217. The van der Waals surface area contributed by atoms with Crippen LogP contribution in [-0.2, 0) is 19.2 Å². The van der Waals surface area contributed by atoms with Gasteiger partial charge in [-0.3, -0.25) is 28.8 Å². The topological polar surface area (TPSA) is 218 Å². The first-order valence-electron chi connectivity index (χ1n) is 19.8. The summed E-state index contributed by atoms with van der Waals surface area (Å²) in [4.78, 5) is 78.7. The Morgan fingerprint density at radius 1 is 0.515 bits per heavy atom. The van der Waals surface area contributed by atoms with Gasteiger partial charge in [0.1, 0.15) is 11.4 Å². The minimum absolute atomic E-state index is 0.00674. The summed E-state index contributed by atoms with van der Waals surface area (Å²) < 4.78 is 11.1. The van der Waals surface area contributed by atoms with Gasteiger partial charge in [-0.2, -0.15) is 20.5 Å². The van der Waals surface area contributed by atoms with Crippen molar-refractivity contribution >= 4 is 116 Å². The fourth-order valence-electron chi connectivity index (χ4n) is 6.05. The van der Waals surface area contributed by atoms with Crippen molar-refractivity contribution in [1.29, 1.82) is 0 Å². The van der Waals surface area contributed by atoms with Gasteiger partial charge in [0.2, 0.25) is 12.1 Å². The zero-order chi connectivity index (χ0) is 48.2. The van der Waals surface area contributed by atoms with Gasteiger partial charge in [0.25, 0.3) is 23.6 Å². The van der Waals surface area contributed by atoms with E-state index in [0.717, 1.165) is 25.0 Å². The highest BCUT2D eigenvalue weighted by molar-refractivity contribution is 6.37. The summed E-state index contributed by atoms with van der Waals surface area (Å²) in [5.74, 6) is -4.45. The molecule has 0 heterocycles. The van der Waals surface area contributed by atoms with Gasteiger partial charge in [0.05, 0.1) is 57.5 Å². The van der Waals surface area contributed by atoms with Gasteiger partial charge in [-0.15, -0.1) is 23.2 Å². The lowest BCUT2D eigenvalue weighted by atomic mass is 10.1.